The van der Waals surface area contributed by atoms with Crippen molar-refractivity contribution in [3.8, 4) is 5.75 Å². The zero-order chi connectivity index (χ0) is 11.4. The Hall–Kier alpha value is -1.77. The number of ether oxygens (including phenoxy) is 1. The van der Waals surface area contributed by atoms with E-state index in [0.29, 0.717) is 5.57 Å². The minimum Gasteiger partial charge on any atom is -0.491 e. The highest BCUT2D eigenvalue weighted by Crippen LogP contribution is 2.18. The number of rotatable bonds is 4. The van der Waals surface area contributed by atoms with Gasteiger partial charge in [-0.25, -0.2) is 0 Å². The molecule has 0 fully saturated rings. The molecule has 0 aliphatic rings. The van der Waals surface area contributed by atoms with Gasteiger partial charge in [0.05, 0.1) is 6.10 Å². The molecule has 80 valence electrons. The van der Waals surface area contributed by atoms with Gasteiger partial charge in [-0.2, -0.15) is 0 Å². The molecule has 0 aromatic heterocycles. The van der Waals surface area contributed by atoms with E-state index >= 15 is 0 Å². The van der Waals surface area contributed by atoms with E-state index in [2.05, 4.69) is 6.58 Å². The van der Waals surface area contributed by atoms with E-state index in [9.17, 15) is 4.79 Å². The molecule has 1 aromatic carbocycles. The SMILES string of the molecule is C=C(C(N)=O)c1ccc(OC(C)C)cc1. The number of hydrogen-bond donors (Lipinski definition) is 1. The number of nitrogens with two attached hydrogens (primary N) is 1. The molecule has 0 radical (unpaired) electrons. The van der Waals surface area contributed by atoms with Gasteiger partial charge in [-0.1, -0.05) is 18.7 Å². The van der Waals surface area contributed by atoms with Crippen LogP contribution < -0.4 is 10.5 Å². The second-order valence-electron chi connectivity index (χ2n) is 3.53. The number of carbonyl (C=O) groups is 1. The summed E-state index contributed by atoms with van der Waals surface area (Å²) >= 11 is 0. The van der Waals surface area contributed by atoms with Gasteiger partial charge in [0.25, 0.3) is 0 Å². The average molecular weight is 205 g/mol. The van der Waals surface area contributed by atoms with Crippen LogP contribution in [-0.4, -0.2) is 12.0 Å². The zero-order valence-corrected chi connectivity index (χ0v) is 8.99. The van der Waals surface area contributed by atoms with Crippen molar-refractivity contribution in [3.63, 3.8) is 0 Å². The molecular formula is C12H15NO2. The third-order valence-electron chi connectivity index (χ3n) is 1.87. The Morgan fingerprint density at radius 1 is 1.33 bits per heavy atom. The Morgan fingerprint density at radius 2 is 1.87 bits per heavy atom. The normalized spacial score (nSPS) is 10.1. The molecule has 0 saturated carbocycles. The summed E-state index contributed by atoms with van der Waals surface area (Å²) < 4.78 is 5.46. The van der Waals surface area contributed by atoms with Crippen LogP contribution in [0.3, 0.4) is 0 Å². The van der Waals surface area contributed by atoms with Crippen LogP contribution in [0.4, 0.5) is 0 Å². The van der Waals surface area contributed by atoms with E-state index in [1.165, 1.54) is 0 Å². The number of benzene rings is 1. The van der Waals surface area contributed by atoms with Crippen molar-refractivity contribution in [2.24, 2.45) is 5.73 Å². The maximum Gasteiger partial charge on any atom is 0.248 e. The van der Waals surface area contributed by atoms with Crippen molar-refractivity contribution in [2.45, 2.75) is 20.0 Å². The van der Waals surface area contributed by atoms with Gasteiger partial charge >= 0.3 is 0 Å². The van der Waals surface area contributed by atoms with Crippen molar-refractivity contribution in [3.05, 3.63) is 36.4 Å². The molecule has 1 rings (SSSR count). The number of carbonyl (C=O) groups excluding carboxylic acids is 1. The van der Waals surface area contributed by atoms with Crippen molar-refractivity contribution in [1.82, 2.24) is 0 Å². The van der Waals surface area contributed by atoms with Gasteiger partial charge in [0.2, 0.25) is 5.91 Å². The summed E-state index contributed by atoms with van der Waals surface area (Å²) in [5, 5.41) is 0. The Labute approximate surface area is 89.5 Å². The lowest BCUT2D eigenvalue weighted by Crippen LogP contribution is -2.12. The maximum atomic E-state index is 10.9. The lowest BCUT2D eigenvalue weighted by Gasteiger charge is -2.10. The van der Waals surface area contributed by atoms with Crippen LogP contribution in [0.15, 0.2) is 30.8 Å². The second kappa shape index (κ2) is 4.64. The van der Waals surface area contributed by atoms with Crippen LogP contribution in [0.1, 0.15) is 19.4 Å². The fourth-order valence-corrected chi connectivity index (χ4v) is 1.15. The summed E-state index contributed by atoms with van der Waals surface area (Å²) in [7, 11) is 0. The molecule has 0 spiro atoms. The van der Waals surface area contributed by atoms with Crippen molar-refractivity contribution in [1.29, 1.82) is 0 Å². The molecule has 0 heterocycles. The topological polar surface area (TPSA) is 52.3 Å². The van der Waals surface area contributed by atoms with Crippen LogP contribution >= 0.6 is 0 Å². The van der Waals surface area contributed by atoms with E-state index in [-0.39, 0.29) is 6.10 Å². The first kappa shape index (κ1) is 11.3. The van der Waals surface area contributed by atoms with Crippen LogP contribution in [0, 0.1) is 0 Å². The highest BCUT2D eigenvalue weighted by Gasteiger charge is 2.05. The van der Waals surface area contributed by atoms with Crippen LogP contribution in [-0.2, 0) is 4.79 Å². The zero-order valence-electron chi connectivity index (χ0n) is 8.99. The maximum absolute atomic E-state index is 10.9. The summed E-state index contributed by atoms with van der Waals surface area (Å²) in [6.45, 7) is 7.51. The Morgan fingerprint density at radius 3 is 2.27 bits per heavy atom. The van der Waals surface area contributed by atoms with Crippen molar-refractivity contribution >= 4 is 11.5 Å². The first-order valence-electron chi connectivity index (χ1n) is 4.76. The molecule has 1 aromatic rings. The summed E-state index contributed by atoms with van der Waals surface area (Å²) in [6, 6.07) is 7.13. The predicted octanol–water partition coefficient (Wildman–Crippen LogP) is 1.97. The van der Waals surface area contributed by atoms with E-state index in [4.69, 9.17) is 10.5 Å². The van der Waals surface area contributed by atoms with Gasteiger partial charge in [-0.15, -0.1) is 0 Å². The molecule has 0 atom stereocenters. The predicted molar refractivity (Wildman–Crippen MR) is 60.4 cm³/mol. The Kier molecular flexibility index (Phi) is 3.50. The third-order valence-corrected chi connectivity index (χ3v) is 1.87. The molecule has 1 amide bonds. The van der Waals surface area contributed by atoms with Crippen LogP contribution in [0.2, 0.25) is 0 Å². The minimum absolute atomic E-state index is 0.134. The number of amides is 1. The second-order valence-corrected chi connectivity index (χ2v) is 3.53. The molecule has 0 saturated heterocycles. The Bertz CT molecular complexity index is 366. The van der Waals surface area contributed by atoms with Crippen molar-refractivity contribution in [2.75, 3.05) is 0 Å². The monoisotopic (exact) mass is 205 g/mol. The van der Waals surface area contributed by atoms with Gasteiger partial charge in [0.1, 0.15) is 5.75 Å². The average Bonchev–Trinajstić information content (AvgIpc) is 2.17. The lowest BCUT2D eigenvalue weighted by molar-refractivity contribution is -0.112. The van der Waals surface area contributed by atoms with Crippen LogP contribution in [0.5, 0.6) is 5.75 Å². The molecule has 15 heavy (non-hydrogen) atoms. The van der Waals surface area contributed by atoms with Gasteiger partial charge in [0.15, 0.2) is 0 Å². The van der Waals surface area contributed by atoms with E-state index < -0.39 is 5.91 Å². The van der Waals surface area contributed by atoms with Crippen molar-refractivity contribution < 1.29 is 9.53 Å². The minimum atomic E-state index is -0.507. The molecule has 0 aliphatic heterocycles. The standard InChI is InChI=1S/C12H15NO2/c1-8(2)15-11-6-4-10(5-7-11)9(3)12(13)14/h4-8H,3H2,1-2H3,(H2,13,14). The van der Waals surface area contributed by atoms with Gasteiger partial charge < -0.3 is 10.5 Å². The smallest absolute Gasteiger partial charge is 0.248 e. The summed E-state index contributed by atoms with van der Waals surface area (Å²) in [4.78, 5) is 10.9. The van der Waals surface area contributed by atoms with E-state index in [1.54, 1.807) is 24.3 Å². The molecule has 2 N–H and O–H groups in total. The first-order valence-corrected chi connectivity index (χ1v) is 4.76. The molecular weight excluding hydrogens is 190 g/mol. The fourth-order valence-electron chi connectivity index (χ4n) is 1.15. The van der Waals surface area contributed by atoms with Gasteiger partial charge in [0, 0.05) is 5.57 Å². The molecule has 3 heteroatoms. The quantitative estimate of drug-likeness (QED) is 0.764. The molecule has 0 aliphatic carbocycles. The lowest BCUT2D eigenvalue weighted by atomic mass is 10.1. The summed E-state index contributed by atoms with van der Waals surface area (Å²) in [6.07, 6.45) is 0.134. The van der Waals surface area contributed by atoms with E-state index in [1.807, 2.05) is 13.8 Å². The molecule has 0 bridgehead atoms. The Balaban J connectivity index is 2.81. The van der Waals surface area contributed by atoms with E-state index in [0.717, 1.165) is 11.3 Å². The highest BCUT2D eigenvalue weighted by molar-refractivity contribution is 6.17. The highest BCUT2D eigenvalue weighted by atomic mass is 16.5. The molecule has 0 unspecified atom stereocenters. The fraction of sp³-hybridized carbons (Fsp3) is 0.250. The summed E-state index contributed by atoms with van der Waals surface area (Å²) in [5.41, 5.74) is 6.15. The van der Waals surface area contributed by atoms with Gasteiger partial charge in [-0.05, 0) is 31.5 Å². The number of hydrogen-bond acceptors (Lipinski definition) is 2. The van der Waals surface area contributed by atoms with Crippen LogP contribution in [0.25, 0.3) is 5.57 Å². The third kappa shape index (κ3) is 3.13. The first-order chi connectivity index (χ1) is 7.00. The largest absolute Gasteiger partial charge is 0.491 e. The van der Waals surface area contributed by atoms with Gasteiger partial charge in [-0.3, -0.25) is 4.79 Å². The molecule has 3 nitrogen and oxygen atoms in total. The summed E-state index contributed by atoms with van der Waals surface area (Å²) in [5.74, 6) is 0.263. The number of primary amides is 1.